The van der Waals surface area contributed by atoms with Crippen LogP contribution in [0, 0.1) is 0 Å². The minimum atomic E-state index is -1.01. The van der Waals surface area contributed by atoms with Gasteiger partial charge in [-0.3, -0.25) is 0 Å². The molecule has 0 heterocycles. The molecule has 3 heteroatoms. The van der Waals surface area contributed by atoms with Crippen LogP contribution in [-0.4, -0.2) is 11.1 Å². The van der Waals surface area contributed by atoms with E-state index in [1.54, 1.807) is 0 Å². The quantitative estimate of drug-likeness (QED) is 0.587. The highest BCUT2D eigenvalue weighted by Gasteiger charge is 1.98. The van der Waals surface area contributed by atoms with Crippen LogP contribution in [0.4, 0.5) is 0 Å². The summed E-state index contributed by atoms with van der Waals surface area (Å²) in [5.74, 6) is -0.313. The van der Waals surface area contributed by atoms with E-state index in [4.69, 9.17) is 9.84 Å². The SMILES string of the molecule is CCc1ccccc1OC=CC(=O)O. The number of ether oxygens (including phenoxy) is 1. The van der Waals surface area contributed by atoms with Gasteiger partial charge >= 0.3 is 5.97 Å². The molecule has 0 aromatic heterocycles. The van der Waals surface area contributed by atoms with Crippen LogP contribution < -0.4 is 4.74 Å². The second kappa shape index (κ2) is 5.07. The van der Waals surface area contributed by atoms with E-state index in [0.29, 0.717) is 5.75 Å². The average molecular weight is 192 g/mol. The van der Waals surface area contributed by atoms with Gasteiger partial charge in [-0.05, 0) is 18.1 Å². The Kier molecular flexibility index (Phi) is 3.73. The summed E-state index contributed by atoms with van der Waals surface area (Å²) in [6.07, 6.45) is 3.00. The van der Waals surface area contributed by atoms with Crippen LogP contribution in [0.1, 0.15) is 12.5 Å². The van der Waals surface area contributed by atoms with Gasteiger partial charge in [0.05, 0.1) is 12.3 Å². The lowest BCUT2D eigenvalue weighted by atomic mass is 10.1. The Labute approximate surface area is 82.6 Å². The molecule has 3 nitrogen and oxygen atoms in total. The predicted octanol–water partition coefficient (Wildman–Crippen LogP) is 2.23. The second-order valence-electron chi connectivity index (χ2n) is 2.72. The van der Waals surface area contributed by atoms with Crippen LogP contribution >= 0.6 is 0 Å². The van der Waals surface area contributed by atoms with Gasteiger partial charge in [0.15, 0.2) is 0 Å². The first-order valence-electron chi connectivity index (χ1n) is 4.38. The van der Waals surface area contributed by atoms with E-state index in [0.717, 1.165) is 18.1 Å². The fraction of sp³-hybridized carbons (Fsp3) is 0.182. The summed E-state index contributed by atoms with van der Waals surface area (Å²) in [5, 5.41) is 8.35. The lowest BCUT2D eigenvalue weighted by molar-refractivity contribution is -0.131. The van der Waals surface area contributed by atoms with Gasteiger partial charge in [-0.2, -0.15) is 0 Å². The smallest absolute Gasteiger partial charge is 0.331 e. The fourth-order valence-electron chi connectivity index (χ4n) is 1.08. The number of benzene rings is 1. The number of rotatable bonds is 4. The highest BCUT2D eigenvalue weighted by atomic mass is 16.5. The lowest BCUT2D eigenvalue weighted by Gasteiger charge is -2.04. The zero-order valence-electron chi connectivity index (χ0n) is 7.93. The normalized spacial score (nSPS) is 10.4. The van der Waals surface area contributed by atoms with E-state index in [2.05, 4.69) is 0 Å². The van der Waals surface area contributed by atoms with Crippen LogP contribution in [0.25, 0.3) is 0 Å². The molecule has 0 aliphatic carbocycles. The molecule has 0 fully saturated rings. The highest BCUT2D eigenvalue weighted by molar-refractivity contribution is 5.79. The summed E-state index contributed by atoms with van der Waals surface area (Å²) >= 11 is 0. The molecule has 0 saturated carbocycles. The van der Waals surface area contributed by atoms with Crippen molar-refractivity contribution in [2.45, 2.75) is 13.3 Å². The van der Waals surface area contributed by atoms with Crippen LogP contribution in [0.3, 0.4) is 0 Å². The van der Waals surface area contributed by atoms with E-state index in [9.17, 15) is 4.79 Å². The van der Waals surface area contributed by atoms with E-state index in [1.807, 2.05) is 31.2 Å². The van der Waals surface area contributed by atoms with Gasteiger partial charge in [-0.25, -0.2) is 4.79 Å². The van der Waals surface area contributed by atoms with Gasteiger partial charge in [0.2, 0.25) is 0 Å². The Morgan fingerprint density at radius 2 is 2.21 bits per heavy atom. The summed E-state index contributed by atoms with van der Waals surface area (Å²) in [6, 6.07) is 7.53. The van der Waals surface area contributed by atoms with Crippen molar-refractivity contribution in [1.82, 2.24) is 0 Å². The minimum Gasteiger partial charge on any atom is -0.478 e. The van der Waals surface area contributed by atoms with Crippen LogP contribution in [0.5, 0.6) is 5.75 Å². The van der Waals surface area contributed by atoms with Gasteiger partial charge in [0.1, 0.15) is 5.75 Å². The Hall–Kier alpha value is -1.77. The second-order valence-corrected chi connectivity index (χ2v) is 2.72. The summed E-state index contributed by atoms with van der Waals surface area (Å²) in [5.41, 5.74) is 1.06. The summed E-state index contributed by atoms with van der Waals surface area (Å²) < 4.78 is 5.18. The number of aryl methyl sites for hydroxylation is 1. The third-order valence-electron chi connectivity index (χ3n) is 1.76. The molecular weight excluding hydrogens is 180 g/mol. The predicted molar refractivity (Wildman–Crippen MR) is 53.2 cm³/mol. The molecule has 14 heavy (non-hydrogen) atoms. The Balaban J connectivity index is 2.71. The first-order chi connectivity index (χ1) is 6.74. The fourth-order valence-corrected chi connectivity index (χ4v) is 1.08. The summed E-state index contributed by atoms with van der Waals surface area (Å²) in [7, 11) is 0. The third-order valence-corrected chi connectivity index (χ3v) is 1.76. The van der Waals surface area contributed by atoms with Crippen molar-refractivity contribution < 1.29 is 14.6 Å². The lowest BCUT2D eigenvalue weighted by Crippen LogP contribution is -1.92. The van der Waals surface area contributed by atoms with Crippen molar-refractivity contribution >= 4 is 5.97 Å². The molecule has 74 valence electrons. The maximum Gasteiger partial charge on any atom is 0.331 e. The number of carboxylic acid groups (broad SMARTS) is 1. The van der Waals surface area contributed by atoms with Crippen molar-refractivity contribution in [1.29, 1.82) is 0 Å². The molecule has 0 aliphatic heterocycles. The molecular formula is C11H12O3. The molecule has 0 radical (unpaired) electrons. The molecule has 0 saturated heterocycles. The molecule has 0 spiro atoms. The third kappa shape index (κ3) is 2.94. The number of para-hydroxylation sites is 1. The zero-order valence-corrected chi connectivity index (χ0v) is 7.93. The average Bonchev–Trinajstić information content (AvgIpc) is 2.18. The number of hydrogen-bond donors (Lipinski definition) is 1. The standard InChI is InChI=1S/C11H12O3/c1-2-9-5-3-4-6-10(9)14-8-7-11(12)13/h3-8H,2H2,1H3,(H,12,13). The van der Waals surface area contributed by atoms with Crippen LogP contribution in [0.15, 0.2) is 36.6 Å². The zero-order chi connectivity index (χ0) is 10.4. The van der Waals surface area contributed by atoms with Crippen molar-refractivity contribution in [3.63, 3.8) is 0 Å². The number of hydrogen-bond acceptors (Lipinski definition) is 2. The molecule has 0 amide bonds. The van der Waals surface area contributed by atoms with E-state index < -0.39 is 5.97 Å². The van der Waals surface area contributed by atoms with Gasteiger partial charge in [0.25, 0.3) is 0 Å². The molecule has 1 N–H and O–H groups in total. The highest BCUT2D eigenvalue weighted by Crippen LogP contribution is 2.18. The monoisotopic (exact) mass is 192 g/mol. The molecule has 0 bridgehead atoms. The van der Waals surface area contributed by atoms with Crippen molar-refractivity contribution in [2.24, 2.45) is 0 Å². The molecule has 1 aromatic rings. The largest absolute Gasteiger partial charge is 0.478 e. The van der Waals surface area contributed by atoms with Gasteiger partial charge < -0.3 is 9.84 Å². The number of carbonyl (C=O) groups is 1. The maximum absolute atomic E-state index is 10.2. The van der Waals surface area contributed by atoms with E-state index >= 15 is 0 Å². The molecule has 1 aromatic carbocycles. The number of carboxylic acids is 1. The molecule has 0 aliphatic rings. The van der Waals surface area contributed by atoms with Gasteiger partial charge in [0, 0.05) is 0 Å². The molecule has 0 atom stereocenters. The van der Waals surface area contributed by atoms with Crippen LogP contribution in [-0.2, 0) is 11.2 Å². The van der Waals surface area contributed by atoms with E-state index in [-0.39, 0.29) is 0 Å². The maximum atomic E-state index is 10.2. The number of aliphatic carboxylic acids is 1. The Bertz CT molecular complexity index is 342. The van der Waals surface area contributed by atoms with Crippen LogP contribution in [0.2, 0.25) is 0 Å². The van der Waals surface area contributed by atoms with Crippen molar-refractivity contribution in [3.05, 3.63) is 42.2 Å². The summed E-state index contributed by atoms with van der Waals surface area (Å²) in [4.78, 5) is 10.2. The summed E-state index contributed by atoms with van der Waals surface area (Å²) in [6.45, 7) is 2.02. The molecule has 1 rings (SSSR count). The Morgan fingerprint density at radius 1 is 1.50 bits per heavy atom. The van der Waals surface area contributed by atoms with E-state index in [1.165, 1.54) is 6.26 Å². The van der Waals surface area contributed by atoms with Gasteiger partial charge in [-0.15, -0.1) is 0 Å². The minimum absolute atomic E-state index is 0.701. The van der Waals surface area contributed by atoms with Gasteiger partial charge in [-0.1, -0.05) is 25.1 Å². The Morgan fingerprint density at radius 3 is 2.86 bits per heavy atom. The first kappa shape index (κ1) is 10.3. The van der Waals surface area contributed by atoms with Crippen molar-refractivity contribution in [2.75, 3.05) is 0 Å². The van der Waals surface area contributed by atoms with Crippen molar-refractivity contribution in [3.8, 4) is 5.75 Å². The topological polar surface area (TPSA) is 46.5 Å². The molecule has 0 unspecified atom stereocenters. The first-order valence-corrected chi connectivity index (χ1v) is 4.38.